The molecule has 15 heavy (non-hydrogen) atoms. The second-order valence-corrected chi connectivity index (χ2v) is 3.53. The fourth-order valence-electron chi connectivity index (χ4n) is 1.15. The first-order chi connectivity index (χ1) is 7.06. The maximum atomic E-state index is 11.7. The number of phenols is 1. The van der Waals surface area contributed by atoms with Crippen LogP contribution in [0.15, 0.2) is 18.2 Å². The molecule has 0 bridgehead atoms. The van der Waals surface area contributed by atoms with E-state index in [9.17, 15) is 9.90 Å². The first kappa shape index (κ1) is 11.4. The summed E-state index contributed by atoms with van der Waals surface area (Å²) in [6.07, 6.45) is 0.842. The van der Waals surface area contributed by atoms with Crippen molar-refractivity contribution in [3.63, 3.8) is 0 Å². The van der Waals surface area contributed by atoms with E-state index >= 15 is 0 Å². The number of anilines is 1. The van der Waals surface area contributed by atoms with Gasteiger partial charge in [-0.2, -0.15) is 0 Å². The molecule has 1 atom stereocenters. The molecular weight excluding hydrogens is 192 g/mol. The van der Waals surface area contributed by atoms with Crippen molar-refractivity contribution in [1.29, 1.82) is 0 Å². The van der Waals surface area contributed by atoms with Gasteiger partial charge in [-0.25, -0.2) is 0 Å². The van der Waals surface area contributed by atoms with Gasteiger partial charge in [-0.1, -0.05) is 13.0 Å². The van der Waals surface area contributed by atoms with Crippen molar-refractivity contribution >= 4 is 11.6 Å². The number of aromatic hydroxyl groups is 1. The highest BCUT2D eigenvalue weighted by Crippen LogP contribution is 2.24. The van der Waals surface area contributed by atoms with Crippen molar-refractivity contribution in [2.45, 2.75) is 26.3 Å². The summed E-state index contributed by atoms with van der Waals surface area (Å²) in [5, 5.41) is 12.3. The van der Waals surface area contributed by atoms with Gasteiger partial charge in [0.05, 0.1) is 11.3 Å². The van der Waals surface area contributed by atoms with Crippen molar-refractivity contribution in [2.75, 3.05) is 5.73 Å². The summed E-state index contributed by atoms with van der Waals surface area (Å²) in [5.74, 6) is -0.451. The predicted octanol–water partition coefficient (Wildman–Crippen LogP) is 1.50. The number of para-hydroxylation sites is 1. The standard InChI is InChI=1S/C11H16N2O2/c1-3-7(2)13-11(15)8-5-4-6-9(12)10(8)14/h4-7,14H,3,12H2,1-2H3,(H,13,15). The lowest BCUT2D eigenvalue weighted by Gasteiger charge is -2.12. The molecule has 4 N–H and O–H groups in total. The molecule has 1 amide bonds. The Hall–Kier alpha value is -1.71. The number of nitrogens with two attached hydrogens (primary N) is 1. The molecule has 0 radical (unpaired) electrons. The molecule has 0 spiro atoms. The molecule has 1 unspecified atom stereocenters. The van der Waals surface area contributed by atoms with Gasteiger partial charge in [-0.15, -0.1) is 0 Å². The molecule has 0 saturated carbocycles. The van der Waals surface area contributed by atoms with Gasteiger partial charge in [-0.05, 0) is 25.5 Å². The SMILES string of the molecule is CCC(C)NC(=O)c1cccc(N)c1O. The van der Waals surface area contributed by atoms with Gasteiger partial charge < -0.3 is 16.2 Å². The van der Waals surface area contributed by atoms with Crippen molar-refractivity contribution in [2.24, 2.45) is 0 Å². The number of nitrogens with one attached hydrogen (secondary N) is 1. The molecule has 4 nitrogen and oxygen atoms in total. The van der Waals surface area contributed by atoms with E-state index in [2.05, 4.69) is 5.32 Å². The third-order valence-electron chi connectivity index (χ3n) is 2.30. The zero-order valence-electron chi connectivity index (χ0n) is 8.95. The van der Waals surface area contributed by atoms with Gasteiger partial charge in [0.2, 0.25) is 0 Å². The third-order valence-corrected chi connectivity index (χ3v) is 2.30. The van der Waals surface area contributed by atoms with Crippen LogP contribution in [-0.4, -0.2) is 17.1 Å². The lowest BCUT2D eigenvalue weighted by atomic mass is 10.1. The topological polar surface area (TPSA) is 75.4 Å². The molecule has 0 fully saturated rings. The molecule has 1 aromatic carbocycles. The van der Waals surface area contributed by atoms with E-state index in [-0.39, 0.29) is 28.9 Å². The van der Waals surface area contributed by atoms with E-state index in [0.717, 1.165) is 6.42 Å². The van der Waals surface area contributed by atoms with Gasteiger partial charge in [0, 0.05) is 6.04 Å². The minimum Gasteiger partial charge on any atom is -0.505 e. The first-order valence-corrected chi connectivity index (χ1v) is 4.94. The van der Waals surface area contributed by atoms with Crippen molar-refractivity contribution in [1.82, 2.24) is 5.32 Å². The molecule has 0 aliphatic rings. The quantitative estimate of drug-likeness (QED) is 0.520. The number of benzene rings is 1. The molecule has 0 aliphatic carbocycles. The molecule has 1 rings (SSSR count). The number of carbonyl (C=O) groups is 1. The summed E-state index contributed by atoms with van der Waals surface area (Å²) >= 11 is 0. The molecule has 0 saturated heterocycles. The highest BCUT2D eigenvalue weighted by atomic mass is 16.3. The number of hydrogen-bond acceptors (Lipinski definition) is 3. The van der Waals surface area contributed by atoms with E-state index in [1.54, 1.807) is 18.2 Å². The van der Waals surface area contributed by atoms with Gasteiger partial charge >= 0.3 is 0 Å². The summed E-state index contributed by atoms with van der Waals surface area (Å²) in [6.45, 7) is 3.88. The summed E-state index contributed by atoms with van der Waals surface area (Å²) in [7, 11) is 0. The molecule has 0 heterocycles. The normalized spacial score (nSPS) is 12.1. The van der Waals surface area contributed by atoms with Crippen LogP contribution in [0.1, 0.15) is 30.6 Å². The maximum absolute atomic E-state index is 11.7. The minimum absolute atomic E-state index is 0.0818. The Kier molecular flexibility index (Phi) is 3.55. The minimum atomic E-state index is -0.297. The summed E-state index contributed by atoms with van der Waals surface area (Å²) < 4.78 is 0. The predicted molar refractivity (Wildman–Crippen MR) is 59.7 cm³/mol. The monoisotopic (exact) mass is 208 g/mol. The summed E-state index contributed by atoms with van der Waals surface area (Å²) in [6, 6.07) is 4.82. The second kappa shape index (κ2) is 4.68. The largest absolute Gasteiger partial charge is 0.505 e. The van der Waals surface area contributed by atoms with Crippen LogP contribution >= 0.6 is 0 Å². The second-order valence-electron chi connectivity index (χ2n) is 3.53. The average Bonchev–Trinajstić information content (AvgIpc) is 2.21. The van der Waals surface area contributed by atoms with Crippen LogP contribution in [0.3, 0.4) is 0 Å². The molecule has 0 aromatic heterocycles. The lowest BCUT2D eigenvalue weighted by Crippen LogP contribution is -2.31. The summed E-state index contributed by atoms with van der Waals surface area (Å²) in [5.41, 5.74) is 5.92. The van der Waals surface area contributed by atoms with Gasteiger partial charge in [0.15, 0.2) is 5.75 Å². The molecule has 4 heteroatoms. The number of phenolic OH excluding ortho intramolecular Hbond substituents is 1. The molecular formula is C11H16N2O2. The van der Waals surface area contributed by atoms with Crippen LogP contribution in [0, 0.1) is 0 Å². The highest BCUT2D eigenvalue weighted by Gasteiger charge is 2.13. The Morgan fingerprint density at radius 2 is 2.27 bits per heavy atom. The highest BCUT2D eigenvalue weighted by molar-refractivity contribution is 5.98. The average molecular weight is 208 g/mol. The number of amides is 1. The molecule has 0 aliphatic heterocycles. The van der Waals surface area contributed by atoms with E-state index in [0.29, 0.717) is 0 Å². The van der Waals surface area contributed by atoms with Crippen molar-refractivity contribution < 1.29 is 9.90 Å². The van der Waals surface area contributed by atoms with Crippen LogP contribution in [0.5, 0.6) is 5.75 Å². The fourth-order valence-corrected chi connectivity index (χ4v) is 1.15. The van der Waals surface area contributed by atoms with Crippen LogP contribution < -0.4 is 11.1 Å². The van der Waals surface area contributed by atoms with E-state index < -0.39 is 0 Å². The lowest BCUT2D eigenvalue weighted by molar-refractivity contribution is 0.0936. The Balaban J connectivity index is 2.87. The van der Waals surface area contributed by atoms with Gasteiger partial charge in [0.25, 0.3) is 5.91 Å². The zero-order chi connectivity index (χ0) is 11.4. The van der Waals surface area contributed by atoms with Gasteiger partial charge in [-0.3, -0.25) is 4.79 Å². The fraction of sp³-hybridized carbons (Fsp3) is 0.364. The number of nitrogen functional groups attached to an aromatic ring is 1. The van der Waals surface area contributed by atoms with Crippen LogP contribution in [0.4, 0.5) is 5.69 Å². The van der Waals surface area contributed by atoms with Crippen LogP contribution in [0.25, 0.3) is 0 Å². The maximum Gasteiger partial charge on any atom is 0.255 e. The van der Waals surface area contributed by atoms with E-state index in [4.69, 9.17) is 5.73 Å². The third kappa shape index (κ3) is 2.62. The Morgan fingerprint density at radius 3 is 2.87 bits per heavy atom. The van der Waals surface area contributed by atoms with Crippen molar-refractivity contribution in [3.8, 4) is 5.75 Å². The van der Waals surface area contributed by atoms with Crippen molar-refractivity contribution in [3.05, 3.63) is 23.8 Å². The zero-order valence-corrected chi connectivity index (χ0v) is 8.95. The number of carbonyl (C=O) groups excluding carboxylic acids is 1. The molecule has 1 aromatic rings. The number of rotatable bonds is 3. The Bertz CT molecular complexity index is 364. The first-order valence-electron chi connectivity index (χ1n) is 4.94. The summed E-state index contributed by atoms with van der Waals surface area (Å²) in [4.78, 5) is 11.7. The smallest absolute Gasteiger partial charge is 0.255 e. The molecule has 82 valence electrons. The van der Waals surface area contributed by atoms with Gasteiger partial charge in [0.1, 0.15) is 0 Å². The number of hydrogen-bond donors (Lipinski definition) is 3. The Morgan fingerprint density at radius 1 is 1.60 bits per heavy atom. The van der Waals surface area contributed by atoms with E-state index in [1.165, 1.54) is 0 Å². The van der Waals surface area contributed by atoms with Crippen LogP contribution in [0.2, 0.25) is 0 Å². The van der Waals surface area contributed by atoms with Crippen LogP contribution in [-0.2, 0) is 0 Å². The Labute approximate surface area is 89.1 Å². The van der Waals surface area contributed by atoms with E-state index in [1.807, 2.05) is 13.8 Å².